The van der Waals surface area contributed by atoms with Crippen molar-refractivity contribution in [3.05, 3.63) is 23.8 Å². The van der Waals surface area contributed by atoms with Crippen LogP contribution in [0.1, 0.15) is 23.2 Å². The summed E-state index contributed by atoms with van der Waals surface area (Å²) in [5.74, 6) is 2.06. The second kappa shape index (κ2) is 4.13. The second-order valence-electron chi connectivity index (χ2n) is 5.50. The molecule has 1 aromatic rings. The minimum Gasteiger partial charge on any atom is -0.454 e. The van der Waals surface area contributed by atoms with Gasteiger partial charge in [0, 0.05) is 17.6 Å². The summed E-state index contributed by atoms with van der Waals surface area (Å²) in [5, 5.41) is 6.57. The highest BCUT2D eigenvalue weighted by Crippen LogP contribution is 2.33. The molecule has 3 unspecified atom stereocenters. The quantitative estimate of drug-likeness (QED) is 0.829. The summed E-state index contributed by atoms with van der Waals surface area (Å²) in [6.07, 6.45) is 2.28. The molecular formula is C14H16N2O3. The first kappa shape index (κ1) is 11.1. The van der Waals surface area contributed by atoms with E-state index in [-0.39, 0.29) is 18.7 Å². The molecule has 19 heavy (non-hydrogen) atoms. The molecule has 2 aliphatic heterocycles. The van der Waals surface area contributed by atoms with Crippen molar-refractivity contribution in [1.29, 1.82) is 0 Å². The van der Waals surface area contributed by atoms with Gasteiger partial charge < -0.3 is 20.1 Å². The molecule has 1 aliphatic carbocycles. The number of amides is 1. The highest BCUT2D eigenvalue weighted by Gasteiger charge is 2.40. The molecule has 1 saturated carbocycles. The maximum absolute atomic E-state index is 12.2. The maximum atomic E-state index is 12.2. The third-order valence-electron chi connectivity index (χ3n) is 4.28. The Bertz CT molecular complexity index is 531. The Kier molecular flexibility index (Phi) is 2.41. The van der Waals surface area contributed by atoms with Crippen LogP contribution in [-0.4, -0.2) is 31.3 Å². The Morgan fingerprint density at radius 3 is 2.95 bits per heavy atom. The van der Waals surface area contributed by atoms with E-state index < -0.39 is 0 Å². The van der Waals surface area contributed by atoms with E-state index in [1.165, 1.54) is 6.42 Å². The zero-order valence-electron chi connectivity index (χ0n) is 10.5. The van der Waals surface area contributed by atoms with E-state index in [1.54, 1.807) is 18.2 Å². The summed E-state index contributed by atoms with van der Waals surface area (Å²) in [6.45, 7) is 1.33. The first-order valence-corrected chi connectivity index (χ1v) is 6.73. The van der Waals surface area contributed by atoms with Crippen molar-refractivity contribution < 1.29 is 14.3 Å². The van der Waals surface area contributed by atoms with Gasteiger partial charge in [0.2, 0.25) is 6.79 Å². The molecule has 1 amide bonds. The molecule has 5 nitrogen and oxygen atoms in total. The number of ether oxygens (including phenoxy) is 2. The molecule has 0 radical (unpaired) electrons. The topological polar surface area (TPSA) is 59.6 Å². The molecule has 100 valence electrons. The Morgan fingerprint density at radius 2 is 2.16 bits per heavy atom. The molecule has 2 N–H and O–H groups in total. The lowest BCUT2D eigenvalue weighted by molar-refractivity contribution is 0.0928. The molecule has 0 spiro atoms. The highest BCUT2D eigenvalue weighted by molar-refractivity contribution is 5.95. The molecule has 2 bridgehead atoms. The molecule has 2 fully saturated rings. The molecule has 5 heteroatoms. The summed E-state index contributed by atoms with van der Waals surface area (Å²) in [5.41, 5.74) is 0.632. The molecule has 3 atom stereocenters. The van der Waals surface area contributed by atoms with E-state index >= 15 is 0 Å². The minimum atomic E-state index is -0.0300. The van der Waals surface area contributed by atoms with Gasteiger partial charge in [-0.15, -0.1) is 0 Å². The van der Waals surface area contributed by atoms with Gasteiger partial charge in [-0.3, -0.25) is 4.79 Å². The minimum absolute atomic E-state index is 0.0300. The first-order chi connectivity index (χ1) is 9.29. The van der Waals surface area contributed by atoms with Crippen molar-refractivity contribution in [2.45, 2.75) is 24.9 Å². The van der Waals surface area contributed by atoms with Gasteiger partial charge in [0.05, 0.1) is 0 Å². The highest BCUT2D eigenvalue weighted by atomic mass is 16.7. The van der Waals surface area contributed by atoms with Gasteiger partial charge in [0.1, 0.15) is 0 Å². The lowest BCUT2D eigenvalue weighted by Crippen LogP contribution is -2.47. The van der Waals surface area contributed by atoms with E-state index in [0.717, 1.165) is 18.9 Å². The van der Waals surface area contributed by atoms with Crippen molar-refractivity contribution in [2.75, 3.05) is 13.3 Å². The Morgan fingerprint density at radius 1 is 1.26 bits per heavy atom. The SMILES string of the molecule is O=C(NC1CC2CNC1C2)c1ccc2c(c1)OCO2. The van der Waals surface area contributed by atoms with Crippen LogP contribution in [0.25, 0.3) is 0 Å². The Labute approximate surface area is 111 Å². The van der Waals surface area contributed by atoms with E-state index in [4.69, 9.17) is 9.47 Å². The number of hydrogen-bond donors (Lipinski definition) is 2. The van der Waals surface area contributed by atoms with Crippen LogP contribution in [0.4, 0.5) is 0 Å². The Balaban J connectivity index is 1.48. The van der Waals surface area contributed by atoms with Crippen molar-refractivity contribution in [3.8, 4) is 11.5 Å². The van der Waals surface area contributed by atoms with Crippen molar-refractivity contribution in [2.24, 2.45) is 5.92 Å². The average molecular weight is 260 g/mol. The summed E-state index contributed by atoms with van der Waals surface area (Å²) < 4.78 is 10.5. The van der Waals surface area contributed by atoms with E-state index in [2.05, 4.69) is 10.6 Å². The number of piperidine rings is 1. The summed E-state index contributed by atoms with van der Waals surface area (Å²) in [6, 6.07) is 6.03. The standard InChI is InChI=1S/C14H16N2O3/c17-14(16-11-4-8-3-10(11)15-6-8)9-1-2-12-13(5-9)19-7-18-12/h1-2,5,8,10-11,15H,3-4,6-7H2,(H,16,17). The Hall–Kier alpha value is -1.75. The number of carbonyl (C=O) groups excluding carboxylic acids is 1. The molecule has 0 aromatic heterocycles. The summed E-state index contributed by atoms with van der Waals surface area (Å²) in [4.78, 5) is 12.2. The molecule has 2 heterocycles. The predicted molar refractivity (Wildman–Crippen MR) is 68.3 cm³/mol. The number of hydrogen-bond acceptors (Lipinski definition) is 4. The smallest absolute Gasteiger partial charge is 0.251 e. The van der Waals surface area contributed by atoms with Crippen molar-refractivity contribution in [3.63, 3.8) is 0 Å². The molecule has 1 aromatic carbocycles. The fraction of sp³-hybridized carbons (Fsp3) is 0.500. The fourth-order valence-corrected chi connectivity index (χ4v) is 3.30. The van der Waals surface area contributed by atoms with Gasteiger partial charge >= 0.3 is 0 Å². The van der Waals surface area contributed by atoms with Gasteiger partial charge in [0.25, 0.3) is 5.91 Å². The summed E-state index contributed by atoms with van der Waals surface area (Å²) in [7, 11) is 0. The lowest BCUT2D eigenvalue weighted by atomic mass is 10.1. The zero-order chi connectivity index (χ0) is 12.8. The number of carbonyl (C=O) groups is 1. The van der Waals surface area contributed by atoms with Gasteiger partial charge in [-0.1, -0.05) is 0 Å². The van der Waals surface area contributed by atoms with Crippen LogP contribution < -0.4 is 20.1 Å². The number of nitrogens with one attached hydrogen (secondary N) is 2. The van der Waals surface area contributed by atoms with Crippen LogP contribution >= 0.6 is 0 Å². The third-order valence-corrected chi connectivity index (χ3v) is 4.28. The molecule has 1 saturated heterocycles. The van der Waals surface area contributed by atoms with E-state index in [1.807, 2.05) is 0 Å². The van der Waals surface area contributed by atoms with Gasteiger partial charge in [0.15, 0.2) is 11.5 Å². The fourth-order valence-electron chi connectivity index (χ4n) is 3.30. The third kappa shape index (κ3) is 1.85. The van der Waals surface area contributed by atoms with E-state index in [0.29, 0.717) is 23.1 Å². The van der Waals surface area contributed by atoms with Crippen LogP contribution in [0.2, 0.25) is 0 Å². The van der Waals surface area contributed by atoms with Gasteiger partial charge in [-0.2, -0.15) is 0 Å². The lowest BCUT2D eigenvalue weighted by Gasteiger charge is -2.24. The van der Waals surface area contributed by atoms with Crippen LogP contribution in [0, 0.1) is 5.92 Å². The van der Waals surface area contributed by atoms with Crippen LogP contribution in [-0.2, 0) is 0 Å². The largest absolute Gasteiger partial charge is 0.454 e. The van der Waals surface area contributed by atoms with Gasteiger partial charge in [-0.05, 0) is 43.5 Å². The zero-order valence-corrected chi connectivity index (χ0v) is 10.5. The number of fused-ring (bicyclic) bond motifs is 3. The van der Waals surface area contributed by atoms with Crippen molar-refractivity contribution in [1.82, 2.24) is 10.6 Å². The van der Waals surface area contributed by atoms with Crippen LogP contribution in [0.15, 0.2) is 18.2 Å². The average Bonchev–Trinajstić information content (AvgIpc) is 3.13. The predicted octanol–water partition coefficient (Wildman–Crippen LogP) is 0.895. The van der Waals surface area contributed by atoms with Gasteiger partial charge in [-0.25, -0.2) is 0 Å². The summed E-state index contributed by atoms with van der Waals surface area (Å²) >= 11 is 0. The number of rotatable bonds is 2. The maximum Gasteiger partial charge on any atom is 0.251 e. The second-order valence-corrected chi connectivity index (χ2v) is 5.50. The first-order valence-electron chi connectivity index (χ1n) is 6.73. The normalized spacial score (nSPS) is 30.6. The molecular weight excluding hydrogens is 244 g/mol. The van der Waals surface area contributed by atoms with E-state index in [9.17, 15) is 4.79 Å². The number of benzene rings is 1. The van der Waals surface area contributed by atoms with Crippen LogP contribution in [0.3, 0.4) is 0 Å². The van der Waals surface area contributed by atoms with Crippen LogP contribution in [0.5, 0.6) is 11.5 Å². The van der Waals surface area contributed by atoms with Crippen molar-refractivity contribution >= 4 is 5.91 Å². The molecule has 3 aliphatic rings. The molecule has 4 rings (SSSR count). The monoisotopic (exact) mass is 260 g/mol.